The third kappa shape index (κ3) is 3.48. The molecular weight excluding hydrogens is 174 g/mol. The molecule has 0 aliphatic heterocycles. The van der Waals surface area contributed by atoms with E-state index in [4.69, 9.17) is 0 Å². The second-order valence-electron chi connectivity index (χ2n) is 1.85. The Morgan fingerprint density at radius 2 is 1.64 bits per heavy atom. The molecule has 0 aliphatic rings. The average Bonchev–Trinajstić information content (AvgIpc) is 1.85. The van der Waals surface area contributed by atoms with E-state index in [2.05, 4.69) is 0 Å². The molecule has 0 N–H and O–H groups in total. The molecule has 0 aliphatic carbocycles. The molecule has 0 bridgehead atoms. The SMILES string of the molecule is F[CH]CC(F)C(F)C(F)(F)F. The highest BCUT2D eigenvalue weighted by Gasteiger charge is 2.45. The molecule has 0 amide bonds. The van der Waals surface area contributed by atoms with Gasteiger partial charge in [-0.15, -0.1) is 0 Å². The Balaban J connectivity index is 3.91. The van der Waals surface area contributed by atoms with Crippen molar-refractivity contribution in [2.75, 3.05) is 0 Å². The van der Waals surface area contributed by atoms with Gasteiger partial charge < -0.3 is 0 Å². The van der Waals surface area contributed by atoms with Crippen molar-refractivity contribution >= 4 is 0 Å². The summed E-state index contributed by atoms with van der Waals surface area (Å²) in [6.07, 6.45) is -12.9. The Morgan fingerprint density at radius 1 is 1.18 bits per heavy atom. The molecule has 67 valence electrons. The summed E-state index contributed by atoms with van der Waals surface area (Å²) < 4.78 is 68.6. The lowest BCUT2D eigenvalue weighted by Gasteiger charge is -2.14. The van der Waals surface area contributed by atoms with Gasteiger partial charge in [0.25, 0.3) is 0 Å². The molecule has 0 fully saturated rings. The largest absolute Gasteiger partial charge is 0.422 e. The Kier molecular flexibility index (Phi) is 3.68. The van der Waals surface area contributed by atoms with Gasteiger partial charge in [-0.2, -0.15) is 13.2 Å². The van der Waals surface area contributed by atoms with Crippen molar-refractivity contribution in [2.24, 2.45) is 0 Å². The van der Waals surface area contributed by atoms with Gasteiger partial charge in [0.15, 0.2) is 0 Å². The first kappa shape index (κ1) is 10.6. The standard InChI is InChI=1S/C5H5F6/c6-2-1-3(7)4(8)5(9,10)11/h2-4H,1H2. The zero-order valence-corrected chi connectivity index (χ0v) is 5.21. The van der Waals surface area contributed by atoms with E-state index in [9.17, 15) is 26.3 Å². The van der Waals surface area contributed by atoms with Gasteiger partial charge in [-0.25, -0.2) is 13.2 Å². The van der Waals surface area contributed by atoms with Crippen LogP contribution in [0, 0.1) is 6.67 Å². The average molecular weight is 179 g/mol. The first-order chi connectivity index (χ1) is 4.89. The lowest BCUT2D eigenvalue weighted by Crippen LogP contribution is -2.33. The molecule has 0 saturated carbocycles. The van der Waals surface area contributed by atoms with E-state index in [0.29, 0.717) is 0 Å². The first-order valence-electron chi connectivity index (χ1n) is 2.66. The van der Waals surface area contributed by atoms with Crippen molar-refractivity contribution in [1.82, 2.24) is 0 Å². The van der Waals surface area contributed by atoms with Gasteiger partial charge in [0.2, 0.25) is 6.17 Å². The molecule has 0 spiro atoms. The number of rotatable bonds is 3. The topological polar surface area (TPSA) is 0 Å². The summed E-state index contributed by atoms with van der Waals surface area (Å²) in [5, 5.41) is 0. The van der Waals surface area contributed by atoms with Crippen LogP contribution in [-0.4, -0.2) is 18.5 Å². The van der Waals surface area contributed by atoms with Crippen molar-refractivity contribution in [3.05, 3.63) is 6.67 Å². The molecule has 0 aromatic rings. The van der Waals surface area contributed by atoms with Gasteiger partial charge in [-0.1, -0.05) is 0 Å². The fourth-order valence-corrected chi connectivity index (χ4v) is 0.410. The van der Waals surface area contributed by atoms with Crippen molar-refractivity contribution in [1.29, 1.82) is 0 Å². The van der Waals surface area contributed by atoms with Crippen molar-refractivity contribution in [3.8, 4) is 0 Å². The molecule has 0 rings (SSSR count). The van der Waals surface area contributed by atoms with Crippen LogP contribution in [0.4, 0.5) is 26.3 Å². The van der Waals surface area contributed by atoms with E-state index in [1.165, 1.54) is 0 Å². The maximum atomic E-state index is 11.9. The van der Waals surface area contributed by atoms with E-state index in [-0.39, 0.29) is 6.67 Å². The minimum absolute atomic E-state index is 0.344. The summed E-state index contributed by atoms with van der Waals surface area (Å²) in [6.45, 7) is -0.344. The zero-order chi connectivity index (χ0) is 9.07. The van der Waals surface area contributed by atoms with Gasteiger partial charge in [0.05, 0.1) is 0 Å². The van der Waals surface area contributed by atoms with Gasteiger partial charge in [-0.05, 0) is 0 Å². The molecule has 2 atom stereocenters. The summed E-state index contributed by atoms with van der Waals surface area (Å²) in [5.74, 6) is 0. The maximum absolute atomic E-state index is 11.9. The van der Waals surface area contributed by atoms with Crippen LogP contribution >= 0.6 is 0 Å². The van der Waals surface area contributed by atoms with Gasteiger partial charge in [-0.3, -0.25) is 0 Å². The van der Waals surface area contributed by atoms with Gasteiger partial charge >= 0.3 is 6.18 Å². The highest BCUT2D eigenvalue weighted by atomic mass is 19.4. The molecule has 11 heavy (non-hydrogen) atoms. The summed E-state index contributed by atoms with van der Waals surface area (Å²) >= 11 is 0. The fraction of sp³-hybridized carbons (Fsp3) is 0.800. The Labute approximate surface area is 59.2 Å². The third-order valence-corrected chi connectivity index (χ3v) is 0.945. The summed E-state index contributed by atoms with van der Waals surface area (Å²) in [4.78, 5) is 0. The predicted molar refractivity (Wildman–Crippen MR) is 25.9 cm³/mol. The van der Waals surface area contributed by atoms with Crippen molar-refractivity contribution in [2.45, 2.75) is 24.9 Å². The van der Waals surface area contributed by atoms with Crippen LogP contribution in [0.5, 0.6) is 0 Å². The van der Waals surface area contributed by atoms with E-state index >= 15 is 0 Å². The minimum atomic E-state index is -5.25. The zero-order valence-electron chi connectivity index (χ0n) is 5.21. The molecular formula is C5H5F6. The van der Waals surface area contributed by atoms with Crippen molar-refractivity contribution in [3.63, 3.8) is 0 Å². The Morgan fingerprint density at radius 3 is 1.91 bits per heavy atom. The summed E-state index contributed by atoms with van der Waals surface area (Å²) in [7, 11) is 0. The van der Waals surface area contributed by atoms with Crippen LogP contribution < -0.4 is 0 Å². The molecule has 0 nitrogen and oxygen atoms in total. The third-order valence-electron chi connectivity index (χ3n) is 0.945. The first-order valence-corrected chi connectivity index (χ1v) is 2.66. The van der Waals surface area contributed by atoms with Crippen LogP contribution in [0.2, 0.25) is 0 Å². The number of hydrogen-bond donors (Lipinski definition) is 0. The fourth-order valence-electron chi connectivity index (χ4n) is 0.410. The normalized spacial score (nSPS) is 18.0. The number of halogens is 6. The predicted octanol–water partition coefficient (Wildman–Crippen LogP) is 2.75. The van der Waals surface area contributed by atoms with Crippen LogP contribution in [0.15, 0.2) is 0 Å². The van der Waals surface area contributed by atoms with E-state index < -0.39 is 24.9 Å². The van der Waals surface area contributed by atoms with Crippen LogP contribution in [0.25, 0.3) is 0 Å². The highest BCUT2D eigenvalue weighted by Crippen LogP contribution is 2.28. The van der Waals surface area contributed by atoms with Crippen LogP contribution in [0.1, 0.15) is 6.42 Å². The second kappa shape index (κ2) is 3.82. The Bertz CT molecular complexity index is 108. The quantitative estimate of drug-likeness (QED) is 0.584. The maximum Gasteiger partial charge on any atom is 0.422 e. The van der Waals surface area contributed by atoms with E-state index in [0.717, 1.165) is 0 Å². The molecule has 0 aromatic carbocycles. The molecule has 2 unspecified atom stereocenters. The van der Waals surface area contributed by atoms with E-state index in [1.807, 2.05) is 0 Å². The van der Waals surface area contributed by atoms with Gasteiger partial charge in [0, 0.05) is 6.42 Å². The molecule has 1 radical (unpaired) electrons. The second-order valence-corrected chi connectivity index (χ2v) is 1.85. The molecule has 0 aromatic heterocycles. The summed E-state index contributed by atoms with van der Waals surface area (Å²) in [6, 6.07) is 0. The monoisotopic (exact) mass is 179 g/mol. The minimum Gasteiger partial charge on any atom is -0.244 e. The van der Waals surface area contributed by atoms with Crippen molar-refractivity contribution < 1.29 is 26.3 Å². The highest BCUT2D eigenvalue weighted by molar-refractivity contribution is 4.77. The van der Waals surface area contributed by atoms with Crippen LogP contribution in [-0.2, 0) is 0 Å². The summed E-state index contributed by atoms with van der Waals surface area (Å²) in [5.41, 5.74) is 0. The smallest absolute Gasteiger partial charge is 0.244 e. The molecule has 6 heteroatoms. The lowest BCUT2D eigenvalue weighted by atomic mass is 10.2. The molecule has 0 saturated heterocycles. The number of alkyl halides is 5. The Hall–Kier alpha value is -0.420. The number of hydrogen-bond acceptors (Lipinski definition) is 0. The lowest BCUT2D eigenvalue weighted by molar-refractivity contribution is -0.196. The molecule has 0 heterocycles. The van der Waals surface area contributed by atoms with Gasteiger partial charge in [0.1, 0.15) is 12.8 Å². The van der Waals surface area contributed by atoms with E-state index in [1.54, 1.807) is 0 Å². The van der Waals surface area contributed by atoms with Crippen LogP contribution in [0.3, 0.4) is 0 Å².